The minimum atomic E-state index is -1.04. The summed E-state index contributed by atoms with van der Waals surface area (Å²) < 4.78 is 1.93. The van der Waals surface area contributed by atoms with E-state index in [1.165, 1.54) is 0 Å². The number of carbonyl (C=O) groups is 2. The van der Waals surface area contributed by atoms with E-state index in [0.717, 1.165) is 0 Å². The van der Waals surface area contributed by atoms with Crippen molar-refractivity contribution >= 4 is 23.9 Å². The van der Waals surface area contributed by atoms with E-state index in [4.69, 9.17) is 5.14 Å². The zero-order chi connectivity index (χ0) is 6.57. The van der Waals surface area contributed by atoms with Crippen molar-refractivity contribution in [2.45, 2.75) is 0 Å². The summed E-state index contributed by atoms with van der Waals surface area (Å²) in [6, 6.07) is 0. The van der Waals surface area contributed by atoms with E-state index >= 15 is 0 Å². The molecule has 6 heteroatoms. The fourth-order valence-corrected chi connectivity index (χ4v) is 0.311. The van der Waals surface area contributed by atoms with E-state index in [0.29, 0.717) is 12.1 Å². The molecule has 0 unspecified atom stereocenters. The molecule has 0 aliphatic heterocycles. The maximum absolute atomic E-state index is 10.1. The molecule has 0 saturated heterocycles. The molecule has 0 aromatic rings. The van der Waals surface area contributed by atoms with Gasteiger partial charge < -0.3 is 5.73 Å². The number of carbonyl (C=O) groups excluding carboxylic acids is 2. The minimum absolute atomic E-state index is 0.538. The third kappa shape index (κ3) is 2.43. The van der Waals surface area contributed by atoms with Gasteiger partial charge in [-0.2, -0.15) is 0 Å². The van der Waals surface area contributed by atoms with Crippen molar-refractivity contribution in [2.24, 2.45) is 10.9 Å². The standard InChI is InChI=1S/C2H5N3O2S/c3-1(6)2(7)5-8-4/h4H2,(H2,3,6)(H,5,7). The monoisotopic (exact) mass is 135 g/mol. The second-order valence-electron chi connectivity index (χ2n) is 0.913. The van der Waals surface area contributed by atoms with Crippen molar-refractivity contribution in [3.05, 3.63) is 0 Å². The zero-order valence-corrected chi connectivity index (χ0v) is 4.70. The molecule has 0 aliphatic rings. The molecule has 0 saturated carbocycles. The SMILES string of the molecule is NSNC(=O)C(N)=O. The predicted molar refractivity (Wildman–Crippen MR) is 29.1 cm³/mol. The highest BCUT2D eigenvalue weighted by atomic mass is 32.2. The van der Waals surface area contributed by atoms with Gasteiger partial charge in [0.2, 0.25) is 0 Å². The molecule has 0 atom stereocenters. The second-order valence-corrected chi connectivity index (χ2v) is 1.35. The van der Waals surface area contributed by atoms with E-state index in [1.54, 1.807) is 0 Å². The number of hydrogen-bond donors (Lipinski definition) is 3. The highest BCUT2D eigenvalue weighted by molar-refractivity contribution is 7.95. The lowest BCUT2D eigenvalue weighted by atomic mass is 10.6. The lowest BCUT2D eigenvalue weighted by molar-refractivity contribution is -0.136. The molecular weight excluding hydrogens is 130 g/mol. The van der Waals surface area contributed by atoms with Crippen LogP contribution in [0.25, 0.3) is 0 Å². The molecular formula is C2H5N3O2S. The maximum Gasteiger partial charge on any atom is 0.319 e. The van der Waals surface area contributed by atoms with Crippen LogP contribution >= 0.6 is 12.1 Å². The van der Waals surface area contributed by atoms with Crippen LogP contribution < -0.4 is 15.6 Å². The number of primary amides is 1. The van der Waals surface area contributed by atoms with Gasteiger partial charge in [0, 0.05) is 12.1 Å². The topological polar surface area (TPSA) is 98.2 Å². The molecule has 0 heterocycles. The molecule has 0 aromatic heterocycles. The Bertz CT molecular complexity index is 114. The van der Waals surface area contributed by atoms with Crippen LogP contribution in [0.4, 0.5) is 0 Å². The molecule has 0 rings (SSSR count). The fourth-order valence-electron chi connectivity index (χ4n) is 0.104. The van der Waals surface area contributed by atoms with Gasteiger partial charge in [0.15, 0.2) is 0 Å². The van der Waals surface area contributed by atoms with Gasteiger partial charge in [0.1, 0.15) is 0 Å². The van der Waals surface area contributed by atoms with Gasteiger partial charge in [-0.25, -0.2) is 0 Å². The average molecular weight is 135 g/mol. The molecule has 0 aromatic carbocycles. The van der Waals surface area contributed by atoms with Gasteiger partial charge in [-0.05, 0) is 0 Å². The van der Waals surface area contributed by atoms with Gasteiger partial charge in [-0.15, -0.1) is 0 Å². The number of rotatable bonds is 1. The summed E-state index contributed by atoms with van der Waals surface area (Å²) in [5, 5.41) is 4.74. The normalized spacial score (nSPS) is 8.12. The van der Waals surface area contributed by atoms with E-state index in [1.807, 2.05) is 4.72 Å². The smallest absolute Gasteiger partial charge is 0.319 e. The lowest BCUT2D eigenvalue weighted by Gasteiger charge is -1.91. The third-order valence-electron chi connectivity index (χ3n) is 0.375. The maximum atomic E-state index is 10.1. The van der Waals surface area contributed by atoms with Crippen molar-refractivity contribution in [1.29, 1.82) is 0 Å². The van der Waals surface area contributed by atoms with Crippen LogP contribution in [0.3, 0.4) is 0 Å². The van der Waals surface area contributed by atoms with E-state index in [-0.39, 0.29) is 0 Å². The Morgan fingerprint density at radius 2 is 2.00 bits per heavy atom. The summed E-state index contributed by atoms with van der Waals surface area (Å²) in [6.07, 6.45) is 0. The van der Waals surface area contributed by atoms with Crippen molar-refractivity contribution in [2.75, 3.05) is 0 Å². The van der Waals surface area contributed by atoms with Gasteiger partial charge in [0.05, 0.1) is 0 Å². The van der Waals surface area contributed by atoms with Crippen LogP contribution in [-0.4, -0.2) is 11.8 Å². The quantitative estimate of drug-likeness (QED) is 0.289. The molecule has 0 bridgehead atoms. The molecule has 0 aliphatic carbocycles. The Kier molecular flexibility index (Phi) is 2.97. The van der Waals surface area contributed by atoms with Crippen LogP contribution in [0.5, 0.6) is 0 Å². The van der Waals surface area contributed by atoms with E-state index in [9.17, 15) is 9.59 Å². The number of nitrogens with one attached hydrogen (secondary N) is 1. The first-order chi connectivity index (χ1) is 3.68. The average Bonchev–Trinajstić information content (AvgIpc) is 1.67. The fraction of sp³-hybridized carbons (Fsp3) is 0. The summed E-state index contributed by atoms with van der Waals surface area (Å²) in [5.74, 6) is -1.93. The largest absolute Gasteiger partial charge is 0.361 e. The van der Waals surface area contributed by atoms with E-state index in [2.05, 4.69) is 5.73 Å². The van der Waals surface area contributed by atoms with Crippen molar-refractivity contribution in [1.82, 2.24) is 4.72 Å². The lowest BCUT2D eigenvalue weighted by Crippen LogP contribution is -2.32. The molecule has 5 nitrogen and oxygen atoms in total. The molecule has 46 valence electrons. The Morgan fingerprint density at radius 1 is 1.50 bits per heavy atom. The van der Waals surface area contributed by atoms with Gasteiger partial charge >= 0.3 is 11.8 Å². The highest BCUT2D eigenvalue weighted by Gasteiger charge is 2.04. The van der Waals surface area contributed by atoms with E-state index < -0.39 is 11.8 Å². The highest BCUT2D eigenvalue weighted by Crippen LogP contribution is 1.72. The molecule has 5 N–H and O–H groups in total. The number of amides is 2. The third-order valence-corrected chi connectivity index (χ3v) is 0.679. The second kappa shape index (κ2) is 3.28. The van der Waals surface area contributed by atoms with Gasteiger partial charge in [-0.1, -0.05) is 0 Å². The molecule has 2 amide bonds. The van der Waals surface area contributed by atoms with Crippen molar-refractivity contribution in [3.63, 3.8) is 0 Å². The summed E-state index contributed by atoms with van der Waals surface area (Å²) in [6.45, 7) is 0. The Labute approximate surface area is 50.1 Å². The Hall–Kier alpha value is -0.750. The zero-order valence-electron chi connectivity index (χ0n) is 3.88. The first-order valence-electron chi connectivity index (χ1n) is 1.64. The van der Waals surface area contributed by atoms with Crippen LogP contribution in [0.15, 0.2) is 0 Å². The van der Waals surface area contributed by atoms with Crippen LogP contribution in [-0.2, 0) is 9.59 Å². The summed E-state index contributed by atoms with van der Waals surface area (Å²) in [4.78, 5) is 19.9. The van der Waals surface area contributed by atoms with Crippen molar-refractivity contribution < 1.29 is 9.59 Å². The Morgan fingerprint density at radius 3 is 2.12 bits per heavy atom. The molecule has 0 radical (unpaired) electrons. The molecule has 0 fully saturated rings. The van der Waals surface area contributed by atoms with Gasteiger partial charge in [-0.3, -0.25) is 19.5 Å². The van der Waals surface area contributed by atoms with Crippen molar-refractivity contribution in [3.8, 4) is 0 Å². The van der Waals surface area contributed by atoms with Gasteiger partial charge in [0.25, 0.3) is 0 Å². The molecule has 0 spiro atoms. The summed E-state index contributed by atoms with van der Waals surface area (Å²) in [7, 11) is 0. The van der Waals surface area contributed by atoms with Crippen LogP contribution in [0.1, 0.15) is 0 Å². The Balaban J connectivity index is 3.49. The minimum Gasteiger partial charge on any atom is -0.361 e. The molecule has 8 heavy (non-hydrogen) atoms. The summed E-state index contributed by atoms with van der Waals surface area (Å²) >= 11 is 0.538. The van der Waals surface area contributed by atoms with Crippen LogP contribution in [0, 0.1) is 0 Å². The predicted octanol–water partition coefficient (Wildman–Crippen LogP) is -1.89. The summed E-state index contributed by atoms with van der Waals surface area (Å²) in [5.41, 5.74) is 4.50. The first kappa shape index (κ1) is 7.25. The number of nitrogens with two attached hydrogens (primary N) is 2. The number of hydrogen-bond acceptors (Lipinski definition) is 4. The van der Waals surface area contributed by atoms with Crippen LogP contribution in [0.2, 0.25) is 0 Å². The first-order valence-corrected chi connectivity index (χ1v) is 2.52.